The molecule has 0 aromatic carbocycles. The Morgan fingerprint density at radius 2 is 2.30 bits per heavy atom. The maximum Gasteiger partial charge on any atom is 0.0361 e. The Morgan fingerprint density at radius 3 is 2.80 bits per heavy atom. The molecule has 2 heteroatoms. The second-order valence-electron chi connectivity index (χ2n) is 2.62. The first-order valence-electron chi connectivity index (χ1n) is 3.40. The van der Waals surface area contributed by atoms with Crippen molar-refractivity contribution in [3.63, 3.8) is 0 Å². The van der Waals surface area contributed by atoms with Gasteiger partial charge in [-0.15, -0.1) is 0 Å². The third-order valence-electron chi connectivity index (χ3n) is 1.74. The lowest BCUT2D eigenvalue weighted by molar-refractivity contribution is 0.918. The number of nitrogens with one attached hydrogen (secondary N) is 1. The zero-order valence-electron chi connectivity index (χ0n) is 6.15. The average Bonchev–Trinajstić information content (AvgIpc) is 1.88. The summed E-state index contributed by atoms with van der Waals surface area (Å²) in [6, 6.07) is 0. The maximum absolute atomic E-state index is 7.00. The second-order valence-corrected chi connectivity index (χ2v) is 2.62. The quantitative estimate of drug-likeness (QED) is 0.528. The van der Waals surface area contributed by atoms with Crippen molar-refractivity contribution in [2.45, 2.75) is 19.8 Å². The fourth-order valence-electron chi connectivity index (χ4n) is 1.06. The molecule has 1 aliphatic rings. The fraction of sp³-hybridized carbons (Fsp3) is 0.375. The van der Waals surface area contributed by atoms with Gasteiger partial charge in [-0.2, -0.15) is 0 Å². The van der Waals surface area contributed by atoms with Crippen LogP contribution in [0.15, 0.2) is 22.9 Å². The van der Waals surface area contributed by atoms with Gasteiger partial charge in [0.1, 0.15) is 0 Å². The molecule has 0 saturated carbocycles. The summed E-state index contributed by atoms with van der Waals surface area (Å²) in [6.45, 7) is 2.06. The highest BCUT2D eigenvalue weighted by atomic mass is 14.6. The van der Waals surface area contributed by atoms with Crippen LogP contribution >= 0.6 is 0 Å². The number of hydrogen-bond donors (Lipinski definition) is 2. The van der Waals surface area contributed by atoms with Crippen molar-refractivity contribution in [3.8, 4) is 0 Å². The van der Waals surface area contributed by atoms with E-state index in [4.69, 9.17) is 11.1 Å². The molecular weight excluding hydrogens is 124 g/mol. The summed E-state index contributed by atoms with van der Waals surface area (Å²) in [5.74, 6) is 0. The molecule has 0 fully saturated rings. The van der Waals surface area contributed by atoms with E-state index in [1.54, 1.807) is 0 Å². The first-order chi connectivity index (χ1) is 4.74. The zero-order chi connectivity index (χ0) is 7.56. The number of hydrogen-bond acceptors (Lipinski definition) is 2. The predicted molar refractivity (Wildman–Crippen MR) is 43.0 cm³/mol. The van der Waals surface area contributed by atoms with Crippen molar-refractivity contribution in [1.29, 1.82) is 5.41 Å². The number of allylic oxidation sites excluding steroid dienone is 3. The van der Waals surface area contributed by atoms with E-state index in [0.29, 0.717) is 0 Å². The van der Waals surface area contributed by atoms with Crippen LogP contribution in [0, 0.1) is 5.41 Å². The Morgan fingerprint density at radius 1 is 1.60 bits per heavy atom. The molecule has 0 atom stereocenters. The minimum absolute atomic E-state index is 0.763. The lowest BCUT2D eigenvalue weighted by Gasteiger charge is -2.11. The Labute approximate surface area is 60.9 Å². The summed E-state index contributed by atoms with van der Waals surface area (Å²) < 4.78 is 0. The molecule has 0 unspecified atom stereocenters. The van der Waals surface area contributed by atoms with Gasteiger partial charge in [-0.3, -0.25) is 0 Å². The number of nitrogens with two attached hydrogens (primary N) is 1. The first kappa shape index (κ1) is 7.06. The first-order valence-corrected chi connectivity index (χ1v) is 3.40. The van der Waals surface area contributed by atoms with Gasteiger partial charge in [0.2, 0.25) is 0 Å². The SMILES string of the molecule is CC1=CC(N)=C(C=N)CC1. The van der Waals surface area contributed by atoms with Gasteiger partial charge in [0.05, 0.1) is 0 Å². The van der Waals surface area contributed by atoms with Gasteiger partial charge >= 0.3 is 0 Å². The lowest BCUT2D eigenvalue weighted by Crippen LogP contribution is -2.05. The molecule has 0 radical (unpaired) electrons. The third-order valence-corrected chi connectivity index (χ3v) is 1.74. The molecule has 2 nitrogen and oxygen atoms in total. The van der Waals surface area contributed by atoms with Crippen LogP contribution in [0.25, 0.3) is 0 Å². The van der Waals surface area contributed by atoms with Crippen molar-refractivity contribution >= 4 is 6.21 Å². The third kappa shape index (κ3) is 1.26. The van der Waals surface area contributed by atoms with E-state index >= 15 is 0 Å². The van der Waals surface area contributed by atoms with Crippen molar-refractivity contribution < 1.29 is 0 Å². The molecule has 3 N–H and O–H groups in total. The molecule has 0 spiro atoms. The van der Waals surface area contributed by atoms with E-state index in [9.17, 15) is 0 Å². The lowest BCUT2D eigenvalue weighted by atomic mass is 9.98. The molecule has 0 aliphatic heterocycles. The van der Waals surface area contributed by atoms with E-state index in [-0.39, 0.29) is 0 Å². The largest absolute Gasteiger partial charge is 0.398 e. The van der Waals surface area contributed by atoms with Crippen LogP contribution < -0.4 is 5.73 Å². The van der Waals surface area contributed by atoms with Crippen LogP contribution in [-0.2, 0) is 0 Å². The molecule has 0 bridgehead atoms. The van der Waals surface area contributed by atoms with E-state index in [2.05, 4.69) is 6.92 Å². The minimum Gasteiger partial charge on any atom is -0.398 e. The molecule has 0 aromatic rings. The van der Waals surface area contributed by atoms with Crippen molar-refractivity contribution in [3.05, 3.63) is 22.9 Å². The van der Waals surface area contributed by atoms with Gasteiger partial charge in [-0.25, -0.2) is 0 Å². The average molecular weight is 136 g/mol. The smallest absolute Gasteiger partial charge is 0.0361 e. The maximum atomic E-state index is 7.00. The van der Waals surface area contributed by atoms with Crippen LogP contribution in [0.2, 0.25) is 0 Å². The topological polar surface area (TPSA) is 49.9 Å². The highest BCUT2D eigenvalue weighted by molar-refractivity contribution is 5.78. The van der Waals surface area contributed by atoms with E-state index < -0.39 is 0 Å². The summed E-state index contributed by atoms with van der Waals surface area (Å²) in [7, 11) is 0. The highest BCUT2D eigenvalue weighted by Gasteiger charge is 2.05. The van der Waals surface area contributed by atoms with Gasteiger partial charge in [0.15, 0.2) is 0 Å². The standard InChI is InChI=1S/C8H12N2/c1-6-2-3-7(5-9)8(10)4-6/h4-5,9H,2-3,10H2,1H3. The van der Waals surface area contributed by atoms with Crippen LogP contribution in [-0.4, -0.2) is 6.21 Å². The van der Waals surface area contributed by atoms with Crippen LogP contribution in [0.3, 0.4) is 0 Å². The van der Waals surface area contributed by atoms with Gasteiger partial charge in [0, 0.05) is 11.9 Å². The molecule has 0 aromatic heterocycles. The molecule has 10 heavy (non-hydrogen) atoms. The summed E-state index contributed by atoms with van der Waals surface area (Å²) in [4.78, 5) is 0. The molecular formula is C8H12N2. The summed E-state index contributed by atoms with van der Waals surface area (Å²) >= 11 is 0. The Kier molecular flexibility index (Phi) is 1.90. The molecule has 0 saturated heterocycles. The monoisotopic (exact) mass is 136 g/mol. The van der Waals surface area contributed by atoms with E-state index in [0.717, 1.165) is 24.1 Å². The Hall–Kier alpha value is -1.05. The summed E-state index contributed by atoms with van der Waals surface area (Å²) in [6.07, 6.45) is 5.27. The van der Waals surface area contributed by atoms with Gasteiger partial charge in [-0.1, -0.05) is 5.57 Å². The molecule has 1 rings (SSSR count). The summed E-state index contributed by atoms with van der Waals surface area (Å²) in [5.41, 5.74) is 8.67. The van der Waals surface area contributed by atoms with Crippen LogP contribution in [0.1, 0.15) is 19.8 Å². The molecule has 1 aliphatic carbocycles. The van der Waals surface area contributed by atoms with Gasteiger partial charge in [-0.05, 0) is 31.4 Å². The summed E-state index contributed by atoms with van der Waals surface area (Å²) in [5, 5.41) is 7.00. The molecule has 0 heterocycles. The second kappa shape index (κ2) is 2.69. The number of rotatable bonds is 1. The van der Waals surface area contributed by atoms with E-state index in [1.165, 1.54) is 11.8 Å². The van der Waals surface area contributed by atoms with E-state index in [1.807, 2.05) is 6.08 Å². The Balaban J connectivity index is 2.90. The van der Waals surface area contributed by atoms with Gasteiger partial charge < -0.3 is 11.1 Å². The van der Waals surface area contributed by atoms with Crippen molar-refractivity contribution in [2.24, 2.45) is 5.73 Å². The normalized spacial score (nSPS) is 18.7. The molecule has 54 valence electrons. The predicted octanol–water partition coefficient (Wildman–Crippen LogP) is 1.59. The van der Waals surface area contributed by atoms with Crippen LogP contribution in [0.5, 0.6) is 0 Å². The molecule has 0 amide bonds. The minimum atomic E-state index is 0.763. The highest BCUT2D eigenvalue weighted by Crippen LogP contribution is 2.18. The Bertz CT molecular complexity index is 211. The zero-order valence-corrected chi connectivity index (χ0v) is 6.15. The van der Waals surface area contributed by atoms with Gasteiger partial charge in [0.25, 0.3) is 0 Å². The fourth-order valence-corrected chi connectivity index (χ4v) is 1.06. The van der Waals surface area contributed by atoms with Crippen molar-refractivity contribution in [1.82, 2.24) is 0 Å². The van der Waals surface area contributed by atoms with Crippen LogP contribution in [0.4, 0.5) is 0 Å². The van der Waals surface area contributed by atoms with Crippen molar-refractivity contribution in [2.75, 3.05) is 0 Å².